The number of hydrogen-bond donors (Lipinski definition) is 1. The molecule has 1 N–H and O–H groups in total. The highest BCUT2D eigenvalue weighted by atomic mass is 32.1. The normalized spacial score (nSPS) is 11.4. The predicted molar refractivity (Wildman–Crippen MR) is 73.7 cm³/mol. The molecule has 4 nitrogen and oxygen atoms in total. The van der Waals surface area contributed by atoms with Crippen molar-refractivity contribution >= 4 is 23.3 Å². The first-order chi connectivity index (χ1) is 9.58. The molecule has 0 aliphatic carbocycles. The molecule has 3 rings (SSSR count). The van der Waals surface area contributed by atoms with E-state index in [1.807, 2.05) is 30.3 Å². The molecule has 0 amide bonds. The number of nitrogens with zero attached hydrogens (tertiary/aromatic N) is 3. The van der Waals surface area contributed by atoms with Crippen LogP contribution >= 0.6 is 12.2 Å². The van der Waals surface area contributed by atoms with E-state index in [0.717, 1.165) is 5.69 Å². The van der Waals surface area contributed by atoms with Crippen molar-refractivity contribution in [3.63, 3.8) is 0 Å². The van der Waals surface area contributed by atoms with Crippen LogP contribution < -0.4 is 0 Å². The molecule has 0 atom stereocenters. The summed E-state index contributed by atoms with van der Waals surface area (Å²) in [7, 11) is 0. The van der Waals surface area contributed by atoms with Crippen molar-refractivity contribution in [3.8, 4) is 5.69 Å². The highest BCUT2D eigenvalue weighted by molar-refractivity contribution is 7.71. The Morgan fingerprint density at radius 2 is 1.95 bits per heavy atom. The van der Waals surface area contributed by atoms with Gasteiger partial charge in [-0.25, -0.2) is 18.4 Å². The number of benzene rings is 1. The fraction of sp³-hybridized carbons (Fsp3) is 0.154. The Kier molecular flexibility index (Phi) is 3.06. The van der Waals surface area contributed by atoms with Crippen molar-refractivity contribution in [2.45, 2.75) is 13.3 Å². The lowest BCUT2D eigenvalue weighted by atomic mass is 10.3. The lowest BCUT2D eigenvalue weighted by molar-refractivity contribution is 0.140. The Bertz CT molecular complexity index is 823. The third kappa shape index (κ3) is 2.00. The van der Waals surface area contributed by atoms with Gasteiger partial charge in [-0.1, -0.05) is 30.4 Å². The van der Waals surface area contributed by atoms with Gasteiger partial charge in [-0.05, 0) is 19.1 Å². The largest absolute Gasteiger partial charge is 0.323 e. The number of hydrogen-bond acceptors (Lipinski definition) is 3. The van der Waals surface area contributed by atoms with Crippen LogP contribution in [-0.2, 0) is 0 Å². The number of rotatable bonds is 2. The van der Waals surface area contributed by atoms with Gasteiger partial charge in [-0.3, -0.25) is 0 Å². The van der Waals surface area contributed by atoms with Crippen molar-refractivity contribution < 1.29 is 8.78 Å². The molecule has 0 fully saturated rings. The third-order valence-electron chi connectivity index (χ3n) is 2.95. The zero-order valence-corrected chi connectivity index (χ0v) is 11.3. The van der Waals surface area contributed by atoms with Crippen LogP contribution in [0.25, 0.3) is 16.7 Å². The molecule has 0 aliphatic rings. The minimum absolute atomic E-state index is 0.133. The highest BCUT2D eigenvalue weighted by Gasteiger charge is 2.17. The minimum atomic E-state index is -2.71. The molecule has 0 bridgehead atoms. The molecule has 1 aromatic carbocycles. The summed E-state index contributed by atoms with van der Waals surface area (Å²) in [5, 5.41) is 4.95. The molecule has 0 saturated heterocycles. The van der Waals surface area contributed by atoms with E-state index in [9.17, 15) is 8.78 Å². The Labute approximate surface area is 118 Å². The maximum atomic E-state index is 12.8. The monoisotopic (exact) mass is 292 g/mol. The van der Waals surface area contributed by atoms with E-state index in [4.69, 9.17) is 12.2 Å². The molecule has 0 aliphatic heterocycles. The maximum Gasteiger partial charge on any atom is 0.295 e. The Balaban J connectivity index is 2.37. The summed E-state index contributed by atoms with van der Waals surface area (Å²) in [5.41, 5.74) is 1.85. The van der Waals surface area contributed by atoms with Crippen LogP contribution in [0.2, 0.25) is 0 Å². The second kappa shape index (κ2) is 4.75. The van der Waals surface area contributed by atoms with E-state index >= 15 is 0 Å². The van der Waals surface area contributed by atoms with Crippen molar-refractivity contribution in [1.29, 1.82) is 0 Å². The molecule has 7 heteroatoms. The van der Waals surface area contributed by atoms with Gasteiger partial charge in [-0.2, -0.15) is 5.10 Å². The van der Waals surface area contributed by atoms with Gasteiger partial charge in [0.1, 0.15) is 10.3 Å². The van der Waals surface area contributed by atoms with Gasteiger partial charge in [0.25, 0.3) is 6.43 Å². The average molecular weight is 292 g/mol. The Morgan fingerprint density at radius 1 is 1.25 bits per heavy atom. The standard InChI is InChI=1S/C13H10F2N4S/c1-7-9-12(16-11(10(14)15)17-13(9)20)19(18-7)8-5-3-2-4-6-8/h2-6,10H,1H3,(H,16,17,20). The van der Waals surface area contributed by atoms with Crippen LogP contribution in [-0.4, -0.2) is 19.7 Å². The third-order valence-corrected chi connectivity index (χ3v) is 3.25. The Hall–Kier alpha value is -2.15. The summed E-state index contributed by atoms with van der Waals surface area (Å²) in [6.07, 6.45) is -2.71. The molecule has 3 aromatic rings. The summed E-state index contributed by atoms with van der Waals surface area (Å²) >= 11 is 5.09. The number of para-hydroxylation sites is 1. The zero-order chi connectivity index (χ0) is 14.3. The topological polar surface area (TPSA) is 46.5 Å². The molecule has 0 radical (unpaired) electrons. The summed E-state index contributed by atoms with van der Waals surface area (Å²) in [5.74, 6) is -0.445. The number of aryl methyl sites for hydroxylation is 1. The van der Waals surface area contributed by atoms with E-state index in [1.165, 1.54) is 0 Å². The smallest absolute Gasteiger partial charge is 0.295 e. The fourth-order valence-corrected chi connectivity index (χ4v) is 2.42. The first-order valence-corrected chi connectivity index (χ1v) is 6.32. The van der Waals surface area contributed by atoms with Crippen LogP contribution in [0.5, 0.6) is 0 Å². The quantitative estimate of drug-likeness (QED) is 0.732. The van der Waals surface area contributed by atoms with Gasteiger partial charge in [0.05, 0.1) is 16.8 Å². The second-order valence-corrected chi connectivity index (χ2v) is 4.67. The van der Waals surface area contributed by atoms with Crippen molar-refractivity contribution in [2.75, 3.05) is 0 Å². The van der Waals surface area contributed by atoms with Gasteiger partial charge < -0.3 is 4.98 Å². The highest BCUT2D eigenvalue weighted by Crippen LogP contribution is 2.23. The zero-order valence-electron chi connectivity index (χ0n) is 10.5. The summed E-state index contributed by atoms with van der Waals surface area (Å²) in [6.45, 7) is 1.77. The number of aromatic amines is 1. The molecule has 20 heavy (non-hydrogen) atoms. The van der Waals surface area contributed by atoms with Gasteiger partial charge in [0.15, 0.2) is 5.82 Å². The Morgan fingerprint density at radius 3 is 2.60 bits per heavy atom. The molecule has 0 spiro atoms. The van der Waals surface area contributed by atoms with E-state index in [0.29, 0.717) is 16.7 Å². The lowest BCUT2D eigenvalue weighted by Gasteiger charge is -2.05. The molecule has 0 saturated carbocycles. The van der Waals surface area contributed by atoms with Crippen LogP contribution in [0.4, 0.5) is 8.78 Å². The maximum absolute atomic E-state index is 12.8. The van der Waals surface area contributed by atoms with Crippen molar-refractivity contribution in [2.24, 2.45) is 0 Å². The molecule has 2 heterocycles. The van der Waals surface area contributed by atoms with Gasteiger partial charge in [-0.15, -0.1) is 0 Å². The fourth-order valence-electron chi connectivity index (χ4n) is 2.07. The van der Waals surface area contributed by atoms with Gasteiger partial charge in [0.2, 0.25) is 0 Å². The average Bonchev–Trinajstić information content (AvgIpc) is 2.77. The molecular weight excluding hydrogens is 282 g/mol. The molecular formula is C13H10F2N4S. The van der Waals surface area contributed by atoms with E-state index in [2.05, 4.69) is 15.1 Å². The van der Waals surface area contributed by atoms with E-state index in [-0.39, 0.29) is 4.64 Å². The number of fused-ring (bicyclic) bond motifs is 1. The van der Waals surface area contributed by atoms with Gasteiger partial charge >= 0.3 is 0 Å². The summed E-state index contributed by atoms with van der Waals surface area (Å²) < 4.78 is 27.4. The van der Waals surface area contributed by atoms with E-state index in [1.54, 1.807) is 11.6 Å². The first kappa shape index (κ1) is 12.9. The number of aromatic nitrogens is 4. The molecule has 102 valence electrons. The predicted octanol–water partition coefficient (Wildman–Crippen LogP) is 3.72. The van der Waals surface area contributed by atoms with Crippen molar-refractivity contribution in [1.82, 2.24) is 19.7 Å². The second-order valence-electron chi connectivity index (χ2n) is 4.28. The van der Waals surface area contributed by atoms with Crippen molar-refractivity contribution in [3.05, 3.63) is 46.5 Å². The number of halogens is 2. The van der Waals surface area contributed by atoms with Crippen LogP contribution in [0.1, 0.15) is 17.9 Å². The SMILES string of the molecule is Cc1nn(-c2ccccc2)c2[nH]c(C(F)F)nc(=S)c12. The number of nitrogens with one attached hydrogen (secondary N) is 1. The van der Waals surface area contributed by atoms with Crippen LogP contribution in [0.15, 0.2) is 30.3 Å². The van der Waals surface area contributed by atoms with E-state index < -0.39 is 12.2 Å². The first-order valence-electron chi connectivity index (χ1n) is 5.91. The molecule has 2 aromatic heterocycles. The van der Waals surface area contributed by atoms with Crippen LogP contribution in [0.3, 0.4) is 0 Å². The number of H-pyrrole nitrogens is 1. The van der Waals surface area contributed by atoms with Gasteiger partial charge in [0, 0.05) is 0 Å². The lowest BCUT2D eigenvalue weighted by Crippen LogP contribution is -2.01. The molecule has 0 unspecified atom stereocenters. The minimum Gasteiger partial charge on any atom is -0.323 e. The summed E-state index contributed by atoms with van der Waals surface area (Å²) in [6, 6.07) is 9.25. The summed E-state index contributed by atoms with van der Waals surface area (Å²) in [4.78, 5) is 6.35. The number of alkyl halides is 2. The van der Waals surface area contributed by atoms with Crippen LogP contribution in [0, 0.1) is 11.6 Å².